The van der Waals surface area contributed by atoms with Gasteiger partial charge >= 0.3 is 6.18 Å². The Balaban J connectivity index is 1.50. The fraction of sp³-hybridized carbons (Fsp3) is 0.321. The highest BCUT2D eigenvalue weighted by Crippen LogP contribution is 2.36. The van der Waals surface area contributed by atoms with E-state index in [1.807, 2.05) is 37.4 Å². The second-order valence-electron chi connectivity index (χ2n) is 9.26. The summed E-state index contributed by atoms with van der Waals surface area (Å²) in [6, 6.07) is 14.3. The summed E-state index contributed by atoms with van der Waals surface area (Å²) < 4.78 is 50.7. The van der Waals surface area contributed by atoms with Crippen LogP contribution in [-0.2, 0) is 22.3 Å². The first kappa shape index (κ1) is 29.5. The fourth-order valence-corrected chi connectivity index (χ4v) is 4.50. The van der Waals surface area contributed by atoms with Crippen molar-refractivity contribution in [2.75, 3.05) is 39.8 Å². The molecule has 212 valence electrons. The Bertz CT molecular complexity index is 1320. The van der Waals surface area contributed by atoms with Crippen LogP contribution in [0.1, 0.15) is 21.5 Å². The minimum atomic E-state index is -4.52. The zero-order valence-electron chi connectivity index (χ0n) is 21.7. The Hall–Kier alpha value is -3.48. The number of nitrogens with one attached hydrogen (secondary N) is 1. The topological polar surface area (TPSA) is 84.0 Å². The van der Waals surface area contributed by atoms with Gasteiger partial charge in [-0.2, -0.15) is 13.2 Å². The number of rotatable bonds is 9. The van der Waals surface area contributed by atoms with Crippen LogP contribution in [0.25, 0.3) is 0 Å². The van der Waals surface area contributed by atoms with E-state index >= 15 is 0 Å². The highest BCUT2D eigenvalue weighted by atomic mass is 79.9. The number of carbonyl (C=O) groups is 2. The van der Waals surface area contributed by atoms with Gasteiger partial charge in [0.2, 0.25) is 11.8 Å². The summed E-state index contributed by atoms with van der Waals surface area (Å²) in [7, 11) is 1.98. The molecule has 4 rings (SSSR count). The third-order valence-corrected chi connectivity index (χ3v) is 6.92. The van der Waals surface area contributed by atoms with Gasteiger partial charge in [-0.15, -0.1) is 0 Å². The van der Waals surface area contributed by atoms with Crippen LogP contribution in [0.2, 0.25) is 0 Å². The third kappa shape index (κ3) is 7.80. The number of piperazine rings is 1. The SMILES string of the molecule is CN1CCN(C(=O)C(COCc2ccccc2)NC(=O)c2cccnc2Oc2ccc(C(F)(F)F)cc2Br)CC1. The van der Waals surface area contributed by atoms with Crippen LogP contribution in [0.15, 0.2) is 71.3 Å². The Morgan fingerprint density at radius 1 is 1.05 bits per heavy atom. The molecule has 1 fully saturated rings. The molecule has 1 unspecified atom stereocenters. The maximum absolute atomic E-state index is 13.4. The monoisotopic (exact) mass is 620 g/mol. The van der Waals surface area contributed by atoms with Gasteiger partial charge in [0.05, 0.1) is 23.2 Å². The van der Waals surface area contributed by atoms with Crippen LogP contribution in [0.4, 0.5) is 13.2 Å². The van der Waals surface area contributed by atoms with Crippen LogP contribution in [-0.4, -0.2) is 72.5 Å². The molecule has 40 heavy (non-hydrogen) atoms. The van der Waals surface area contributed by atoms with Crippen LogP contribution < -0.4 is 10.1 Å². The van der Waals surface area contributed by atoms with Crippen molar-refractivity contribution in [1.82, 2.24) is 20.1 Å². The molecule has 1 N–H and O–H groups in total. The van der Waals surface area contributed by atoms with Crippen molar-refractivity contribution in [3.63, 3.8) is 0 Å². The smallest absolute Gasteiger partial charge is 0.416 e. The average molecular weight is 621 g/mol. The first-order chi connectivity index (χ1) is 19.1. The van der Waals surface area contributed by atoms with E-state index in [1.165, 1.54) is 18.3 Å². The molecule has 1 atom stereocenters. The summed E-state index contributed by atoms with van der Waals surface area (Å²) in [6.07, 6.45) is -3.13. The molecular formula is C28H28BrF3N4O4. The number of ether oxygens (including phenoxy) is 2. The molecule has 1 saturated heterocycles. The summed E-state index contributed by atoms with van der Waals surface area (Å²) in [5.41, 5.74) is 0.0738. The Morgan fingerprint density at radius 2 is 1.77 bits per heavy atom. The zero-order valence-corrected chi connectivity index (χ0v) is 23.2. The normalized spacial score (nSPS) is 15.0. The summed E-state index contributed by atoms with van der Waals surface area (Å²) in [5.74, 6) is -0.998. The molecule has 0 radical (unpaired) electrons. The molecule has 0 aliphatic carbocycles. The number of hydrogen-bond acceptors (Lipinski definition) is 6. The molecule has 2 aromatic carbocycles. The van der Waals surface area contributed by atoms with E-state index in [2.05, 4.69) is 31.1 Å². The van der Waals surface area contributed by atoms with E-state index in [4.69, 9.17) is 9.47 Å². The molecule has 1 aliphatic heterocycles. The van der Waals surface area contributed by atoms with E-state index in [-0.39, 0.29) is 40.8 Å². The van der Waals surface area contributed by atoms with Crippen LogP contribution in [0, 0.1) is 0 Å². The predicted octanol–water partition coefficient (Wildman–Crippen LogP) is 4.74. The summed E-state index contributed by atoms with van der Waals surface area (Å²) in [6.45, 7) is 2.64. The van der Waals surface area contributed by atoms with Gasteiger partial charge in [0.15, 0.2) is 0 Å². The average Bonchev–Trinajstić information content (AvgIpc) is 2.94. The number of amides is 2. The van der Waals surface area contributed by atoms with E-state index in [9.17, 15) is 22.8 Å². The predicted molar refractivity (Wildman–Crippen MR) is 145 cm³/mol. The quantitative estimate of drug-likeness (QED) is 0.372. The Kier molecular flexibility index (Phi) is 9.77. The number of benzene rings is 2. The molecule has 1 aliphatic rings. The maximum Gasteiger partial charge on any atom is 0.416 e. The molecule has 0 spiro atoms. The molecule has 8 nitrogen and oxygen atoms in total. The number of aromatic nitrogens is 1. The molecular weight excluding hydrogens is 593 g/mol. The van der Waals surface area contributed by atoms with Gasteiger partial charge in [-0.1, -0.05) is 30.3 Å². The number of pyridine rings is 1. The lowest BCUT2D eigenvalue weighted by molar-refractivity contribution is -0.138. The molecule has 2 amide bonds. The fourth-order valence-electron chi connectivity index (χ4n) is 4.04. The summed E-state index contributed by atoms with van der Waals surface area (Å²) >= 11 is 3.09. The van der Waals surface area contributed by atoms with Gasteiger partial charge in [0.25, 0.3) is 5.91 Å². The lowest BCUT2D eigenvalue weighted by Gasteiger charge is -2.34. The molecule has 3 aromatic rings. The van der Waals surface area contributed by atoms with E-state index in [0.29, 0.717) is 26.2 Å². The highest BCUT2D eigenvalue weighted by molar-refractivity contribution is 9.10. The number of hydrogen-bond donors (Lipinski definition) is 1. The largest absolute Gasteiger partial charge is 0.437 e. The minimum absolute atomic E-state index is 0.00790. The molecule has 2 heterocycles. The maximum atomic E-state index is 13.4. The van der Waals surface area contributed by atoms with Gasteiger partial charge in [-0.3, -0.25) is 9.59 Å². The van der Waals surface area contributed by atoms with Crippen molar-refractivity contribution in [3.8, 4) is 11.6 Å². The highest BCUT2D eigenvalue weighted by Gasteiger charge is 2.32. The van der Waals surface area contributed by atoms with E-state index < -0.39 is 23.7 Å². The van der Waals surface area contributed by atoms with Crippen LogP contribution in [0.5, 0.6) is 11.6 Å². The van der Waals surface area contributed by atoms with Gasteiger partial charge in [0, 0.05) is 32.4 Å². The van der Waals surface area contributed by atoms with E-state index in [1.54, 1.807) is 4.90 Å². The zero-order chi connectivity index (χ0) is 28.7. The number of nitrogens with zero attached hydrogens (tertiary/aromatic N) is 3. The van der Waals surface area contributed by atoms with Crippen LogP contribution >= 0.6 is 15.9 Å². The third-order valence-electron chi connectivity index (χ3n) is 6.30. The number of alkyl halides is 3. The lowest BCUT2D eigenvalue weighted by atomic mass is 10.2. The molecule has 0 bridgehead atoms. The first-order valence-corrected chi connectivity index (χ1v) is 13.3. The minimum Gasteiger partial charge on any atom is -0.437 e. The Morgan fingerprint density at radius 3 is 2.45 bits per heavy atom. The van der Waals surface area contributed by atoms with Crippen molar-refractivity contribution in [2.24, 2.45) is 0 Å². The van der Waals surface area contributed by atoms with Crippen molar-refractivity contribution in [1.29, 1.82) is 0 Å². The van der Waals surface area contributed by atoms with Crippen molar-refractivity contribution < 1.29 is 32.2 Å². The van der Waals surface area contributed by atoms with Gasteiger partial charge in [-0.25, -0.2) is 4.98 Å². The standard InChI is InChI=1S/C28H28BrF3N4O4/c1-35-12-14-36(15-13-35)27(38)23(18-39-17-19-6-3-2-4-7-19)34-25(37)21-8-5-11-33-26(21)40-24-10-9-20(16-22(24)29)28(30,31)32/h2-11,16,23H,12-15,17-18H2,1H3,(H,34,37). The molecule has 12 heteroatoms. The molecule has 1 aromatic heterocycles. The van der Waals surface area contributed by atoms with Gasteiger partial charge < -0.3 is 24.6 Å². The van der Waals surface area contributed by atoms with Gasteiger partial charge in [0.1, 0.15) is 17.4 Å². The second kappa shape index (κ2) is 13.2. The summed E-state index contributed by atoms with van der Waals surface area (Å²) in [4.78, 5) is 34.7. The summed E-state index contributed by atoms with van der Waals surface area (Å²) in [5, 5.41) is 2.75. The van der Waals surface area contributed by atoms with Crippen LogP contribution in [0.3, 0.4) is 0 Å². The van der Waals surface area contributed by atoms with E-state index in [0.717, 1.165) is 23.8 Å². The van der Waals surface area contributed by atoms with Crippen molar-refractivity contribution in [3.05, 3.63) is 88.0 Å². The second-order valence-corrected chi connectivity index (χ2v) is 10.1. The Labute approximate surface area is 238 Å². The number of likely N-dealkylation sites (N-methyl/N-ethyl adjacent to an activating group) is 1. The van der Waals surface area contributed by atoms with Crippen molar-refractivity contribution >= 4 is 27.7 Å². The van der Waals surface area contributed by atoms with Crippen molar-refractivity contribution in [2.45, 2.75) is 18.8 Å². The number of carbonyl (C=O) groups excluding carboxylic acids is 2. The lowest BCUT2D eigenvalue weighted by Crippen LogP contribution is -2.55. The molecule has 0 saturated carbocycles. The first-order valence-electron chi connectivity index (χ1n) is 12.5. The van der Waals surface area contributed by atoms with Gasteiger partial charge in [-0.05, 0) is 58.9 Å². The number of halogens is 4.